The molecule has 0 heterocycles. The molecule has 2 amide bonds. The lowest BCUT2D eigenvalue weighted by atomic mass is 10.1. The van der Waals surface area contributed by atoms with Crippen LogP contribution in [0.3, 0.4) is 0 Å². The molecule has 1 atom stereocenters. The number of nitrogens with one attached hydrogen (secondary N) is 2. The molecule has 0 aliphatic rings. The number of rotatable bonds is 6. The van der Waals surface area contributed by atoms with Gasteiger partial charge < -0.3 is 15.7 Å². The Bertz CT molecular complexity index is 535. The molecule has 0 aromatic heterocycles. The Morgan fingerprint density at radius 1 is 1.33 bits per heavy atom. The Balaban J connectivity index is 2.45. The maximum Gasteiger partial charge on any atom is 0.319 e. The van der Waals surface area contributed by atoms with Crippen LogP contribution in [0.15, 0.2) is 12.1 Å². The highest BCUT2D eigenvalue weighted by atomic mass is 35.5. The number of carboxylic acid groups (broad SMARTS) is 1. The molecule has 0 aliphatic carbocycles. The monoisotopic (exact) mass is 332 g/mol. The van der Waals surface area contributed by atoms with Gasteiger partial charge in [0.2, 0.25) is 0 Å². The molecule has 0 saturated heterocycles. The molecule has 1 aromatic carbocycles. The predicted molar refractivity (Wildman–Crippen MR) is 84.3 cm³/mol. The number of aliphatic carboxylic acids is 1. The lowest BCUT2D eigenvalue weighted by molar-refractivity contribution is -0.141. The van der Waals surface area contributed by atoms with E-state index in [4.69, 9.17) is 28.3 Å². The van der Waals surface area contributed by atoms with E-state index in [0.717, 1.165) is 5.56 Å². The van der Waals surface area contributed by atoms with Gasteiger partial charge in [-0.1, -0.05) is 36.2 Å². The fourth-order valence-corrected chi connectivity index (χ4v) is 2.13. The zero-order valence-corrected chi connectivity index (χ0v) is 13.4. The first-order chi connectivity index (χ1) is 9.82. The number of carboxylic acids is 1. The summed E-state index contributed by atoms with van der Waals surface area (Å²) in [6.45, 7) is 3.83. The summed E-state index contributed by atoms with van der Waals surface area (Å²) in [7, 11) is 0. The number of aryl methyl sites for hydroxylation is 1. The standard InChI is InChI=1S/C14H18Cl2N2O3/c1-8-5-6-10(15)12(11(8)16)18-14(21)17-7-3-4-9(2)13(19)20/h5-6,9H,3-4,7H2,1-2H3,(H,19,20)(H2,17,18,21). The van der Waals surface area contributed by atoms with E-state index >= 15 is 0 Å². The smallest absolute Gasteiger partial charge is 0.319 e. The van der Waals surface area contributed by atoms with Crippen molar-refractivity contribution in [1.82, 2.24) is 5.32 Å². The SMILES string of the molecule is Cc1ccc(Cl)c(NC(=O)NCCCC(C)C(=O)O)c1Cl. The van der Waals surface area contributed by atoms with Crippen molar-refractivity contribution >= 4 is 40.9 Å². The van der Waals surface area contributed by atoms with Gasteiger partial charge in [-0.05, 0) is 31.4 Å². The van der Waals surface area contributed by atoms with E-state index in [-0.39, 0.29) is 0 Å². The first-order valence-electron chi connectivity index (χ1n) is 6.55. The lowest BCUT2D eigenvalue weighted by Crippen LogP contribution is -2.30. The molecule has 1 rings (SSSR count). The van der Waals surface area contributed by atoms with E-state index in [1.807, 2.05) is 6.92 Å². The summed E-state index contributed by atoms with van der Waals surface area (Å²) in [4.78, 5) is 22.4. The third kappa shape index (κ3) is 5.44. The van der Waals surface area contributed by atoms with Gasteiger partial charge in [-0.3, -0.25) is 4.79 Å². The highest BCUT2D eigenvalue weighted by Gasteiger charge is 2.12. The second-order valence-corrected chi connectivity index (χ2v) is 5.60. The van der Waals surface area contributed by atoms with E-state index in [9.17, 15) is 9.59 Å². The van der Waals surface area contributed by atoms with Crippen LogP contribution in [0.2, 0.25) is 10.0 Å². The minimum Gasteiger partial charge on any atom is -0.481 e. The molecule has 7 heteroatoms. The van der Waals surface area contributed by atoms with Gasteiger partial charge in [0, 0.05) is 6.54 Å². The van der Waals surface area contributed by atoms with Crippen molar-refractivity contribution in [3.05, 3.63) is 27.7 Å². The number of carbonyl (C=O) groups excluding carboxylic acids is 1. The van der Waals surface area contributed by atoms with Crippen LogP contribution in [0.1, 0.15) is 25.3 Å². The Kier molecular flexibility index (Phi) is 6.78. The Morgan fingerprint density at radius 3 is 2.62 bits per heavy atom. The molecule has 0 aliphatic heterocycles. The van der Waals surface area contributed by atoms with Crippen molar-refractivity contribution in [3.8, 4) is 0 Å². The second-order valence-electron chi connectivity index (χ2n) is 4.82. The highest BCUT2D eigenvalue weighted by Crippen LogP contribution is 2.32. The molecule has 1 unspecified atom stereocenters. The summed E-state index contributed by atoms with van der Waals surface area (Å²) in [5.41, 5.74) is 1.18. The van der Waals surface area contributed by atoms with Gasteiger partial charge in [0.1, 0.15) is 0 Å². The van der Waals surface area contributed by atoms with Crippen LogP contribution in [0.25, 0.3) is 0 Å². The summed E-state index contributed by atoms with van der Waals surface area (Å²) in [6, 6.07) is 3.00. The maximum atomic E-state index is 11.8. The zero-order valence-electron chi connectivity index (χ0n) is 11.9. The van der Waals surface area contributed by atoms with Gasteiger partial charge in [0.25, 0.3) is 0 Å². The third-order valence-electron chi connectivity index (χ3n) is 3.04. The minimum absolute atomic E-state index is 0.361. The van der Waals surface area contributed by atoms with Gasteiger partial charge in [0.15, 0.2) is 0 Å². The third-order valence-corrected chi connectivity index (χ3v) is 3.85. The van der Waals surface area contributed by atoms with E-state index in [2.05, 4.69) is 10.6 Å². The molecule has 21 heavy (non-hydrogen) atoms. The molecule has 0 bridgehead atoms. The van der Waals surface area contributed by atoms with Crippen LogP contribution in [-0.2, 0) is 4.79 Å². The molecule has 3 N–H and O–H groups in total. The van der Waals surface area contributed by atoms with Crippen LogP contribution in [0, 0.1) is 12.8 Å². The topological polar surface area (TPSA) is 78.4 Å². The van der Waals surface area contributed by atoms with Crippen molar-refractivity contribution < 1.29 is 14.7 Å². The predicted octanol–water partition coefficient (Wildman–Crippen LogP) is 3.92. The Labute approximate surface area is 133 Å². The number of halogens is 2. The molecule has 0 spiro atoms. The summed E-state index contributed by atoms with van der Waals surface area (Å²) in [5, 5.41) is 14.7. The summed E-state index contributed by atoms with van der Waals surface area (Å²) in [6.07, 6.45) is 1.08. The van der Waals surface area contributed by atoms with Gasteiger partial charge in [-0.15, -0.1) is 0 Å². The van der Waals surface area contributed by atoms with Crippen LogP contribution < -0.4 is 10.6 Å². The number of benzene rings is 1. The van der Waals surface area contributed by atoms with E-state index in [1.165, 1.54) is 0 Å². The highest BCUT2D eigenvalue weighted by molar-refractivity contribution is 6.40. The molecule has 116 valence electrons. The lowest BCUT2D eigenvalue weighted by Gasteiger charge is -2.12. The summed E-state index contributed by atoms with van der Waals surface area (Å²) in [5.74, 6) is -1.26. The fourth-order valence-electron chi connectivity index (χ4n) is 1.66. The van der Waals surface area contributed by atoms with Crippen molar-refractivity contribution in [2.75, 3.05) is 11.9 Å². The summed E-state index contributed by atoms with van der Waals surface area (Å²) >= 11 is 12.1. The maximum absolute atomic E-state index is 11.8. The van der Waals surface area contributed by atoms with Gasteiger partial charge in [-0.25, -0.2) is 4.79 Å². The Hall–Kier alpha value is -1.46. The molecule has 1 aromatic rings. The number of hydrogen-bond acceptors (Lipinski definition) is 2. The van der Waals surface area contributed by atoms with Gasteiger partial charge in [-0.2, -0.15) is 0 Å². The molecule has 0 fully saturated rings. The molecule has 0 saturated carbocycles. The average molecular weight is 333 g/mol. The average Bonchev–Trinajstić information content (AvgIpc) is 2.43. The number of amides is 2. The molecule has 0 radical (unpaired) electrons. The quantitative estimate of drug-likeness (QED) is 0.690. The van der Waals surface area contributed by atoms with E-state index in [0.29, 0.717) is 35.1 Å². The van der Waals surface area contributed by atoms with Crippen LogP contribution >= 0.6 is 23.2 Å². The summed E-state index contributed by atoms with van der Waals surface area (Å²) < 4.78 is 0. The number of urea groups is 1. The number of carbonyl (C=O) groups is 2. The van der Waals surface area contributed by atoms with Gasteiger partial charge >= 0.3 is 12.0 Å². The normalized spacial score (nSPS) is 11.8. The van der Waals surface area contributed by atoms with Crippen LogP contribution in [-0.4, -0.2) is 23.7 Å². The van der Waals surface area contributed by atoms with Crippen molar-refractivity contribution in [3.63, 3.8) is 0 Å². The second kappa shape index (κ2) is 8.10. The number of anilines is 1. The minimum atomic E-state index is -0.835. The fraction of sp³-hybridized carbons (Fsp3) is 0.429. The molecule has 5 nitrogen and oxygen atoms in total. The Morgan fingerprint density at radius 2 is 2.00 bits per heavy atom. The molecular formula is C14H18Cl2N2O3. The number of hydrogen-bond donors (Lipinski definition) is 3. The van der Waals surface area contributed by atoms with Crippen molar-refractivity contribution in [2.24, 2.45) is 5.92 Å². The first kappa shape index (κ1) is 17.6. The van der Waals surface area contributed by atoms with E-state index < -0.39 is 17.9 Å². The largest absolute Gasteiger partial charge is 0.481 e. The zero-order chi connectivity index (χ0) is 16.0. The van der Waals surface area contributed by atoms with Crippen molar-refractivity contribution in [2.45, 2.75) is 26.7 Å². The van der Waals surface area contributed by atoms with E-state index in [1.54, 1.807) is 19.1 Å². The van der Waals surface area contributed by atoms with Gasteiger partial charge in [0.05, 0.1) is 21.7 Å². The first-order valence-corrected chi connectivity index (χ1v) is 7.30. The van der Waals surface area contributed by atoms with Crippen LogP contribution in [0.4, 0.5) is 10.5 Å². The molecular weight excluding hydrogens is 315 g/mol. The van der Waals surface area contributed by atoms with Crippen molar-refractivity contribution in [1.29, 1.82) is 0 Å². The van der Waals surface area contributed by atoms with Crippen LogP contribution in [0.5, 0.6) is 0 Å².